The van der Waals surface area contributed by atoms with Crippen molar-refractivity contribution in [1.29, 1.82) is 0 Å². The zero-order chi connectivity index (χ0) is 21.0. The first-order valence-corrected chi connectivity index (χ1v) is 10.7. The lowest BCUT2D eigenvalue weighted by atomic mass is 9.76. The van der Waals surface area contributed by atoms with Crippen molar-refractivity contribution in [3.63, 3.8) is 0 Å². The molecule has 7 heteroatoms. The van der Waals surface area contributed by atoms with Crippen LogP contribution in [0.3, 0.4) is 0 Å². The number of aromatic nitrogens is 1. The Labute approximate surface area is 180 Å². The SMILES string of the molecule is O=C([C@@H]1[C@@H]2C=C[C@@]3(CN(Cc4cccnc4)C(=O)[C@@H]13)O2)N1CC(Oc2ccccc2)C1. The van der Waals surface area contributed by atoms with E-state index >= 15 is 0 Å². The molecule has 0 radical (unpaired) electrons. The number of nitrogens with zero attached hydrogens (tertiary/aromatic N) is 3. The molecule has 0 aliphatic carbocycles. The quantitative estimate of drug-likeness (QED) is 0.692. The Morgan fingerprint density at radius 3 is 2.81 bits per heavy atom. The Balaban J connectivity index is 1.15. The monoisotopic (exact) mass is 417 g/mol. The van der Waals surface area contributed by atoms with E-state index in [1.54, 1.807) is 22.2 Å². The highest BCUT2D eigenvalue weighted by Gasteiger charge is 2.67. The molecule has 0 N–H and O–H groups in total. The first-order chi connectivity index (χ1) is 15.1. The Bertz CT molecular complexity index is 1040. The van der Waals surface area contributed by atoms with Crippen LogP contribution in [-0.4, -0.2) is 64.0 Å². The van der Waals surface area contributed by atoms with Gasteiger partial charge in [-0.2, -0.15) is 0 Å². The summed E-state index contributed by atoms with van der Waals surface area (Å²) in [5.41, 5.74) is 0.284. The van der Waals surface area contributed by atoms with Crippen LogP contribution in [0.5, 0.6) is 5.75 Å². The van der Waals surface area contributed by atoms with Gasteiger partial charge in [-0.15, -0.1) is 0 Å². The van der Waals surface area contributed by atoms with Gasteiger partial charge >= 0.3 is 0 Å². The Kier molecular flexibility index (Phi) is 4.14. The van der Waals surface area contributed by atoms with E-state index in [0.29, 0.717) is 26.2 Å². The molecule has 2 aromatic rings. The second kappa shape index (κ2) is 6.92. The molecule has 2 amide bonds. The van der Waals surface area contributed by atoms with Gasteiger partial charge in [-0.1, -0.05) is 36.4 Å². The van der Waals surface area contributed by atoms with Crippen molar-refractivity contribution in [3.05, 3.63) is 72.6 Å². The summed E-state index contributed by atoms with van der Waals surface area (Å²) < 4.78 is 12.2. The fraction of sp³-hybridized carbons (Fsp3) is 0.375. The molecule has 0 unspecified atom stereocenters. The number of para-hydroxylation sites is 1. The van der Waals surface area contributed by atoms with Crippen LogP contribution in [0.1, 0.15) is 5.56 Å². The molecule has 5 heterocycles. The van der Waals surface area contributed by atoms with Crippen LogP contribution in [-0.2, 0) is 20.9 Å². The fourth-order valence-corrected chi connectivity index (χ4v) is 5.30. The summed E-state index contributed by atoms with van der Waals surface area (Å²) >= 11 is 0. The van der Waals surface area contributed by atoms with Crippen LogP contribution in [0.25, 0.3) is 0 Å². The van der Waals surface area contributed by atoms with Crippen molar-refractivity contribution >= 4 is 11.8 Å². The van der Waals surface area contributed by atoms with E-state index in [-0.39, 0.29) is 24.0 Å². The number of hydrogen-bond donors (Lipinski definition) is 0. The van der Waals surface area contributed by atoms with Crippen molar-refractivity contribution in [1.82, 2.24) is 14.8 Å². The molecule has 3 saturated heterocycles. The lowest BCUT2D eigenvalue weighted by Crippen LogP contribution is -2.59. The Morgan fingerprint density at radius 2 is 2.03 bits per heavy atom. The maximum atomic E-state index is 13.3. The van der Waals surface area contributed by atoms with Crippen molar-refractivity contribution < 1.29 is 19.1 Å². The predicted molar refractivity (Wildman–Crippen MR) is 111 cm³/mol. The summed E-state index contributed by atoms with van der Waals surface area (Å²) in [4.78, 5) is 34.4. The number of pyridine rings is 1. The smallest absolute Gasteiger partial charge is 0.230 e. The highest BCUT2D eigenvalue weighted by atomic mass is 16.5. The van der Waals surface area contributed by atoms with Gasteiger partial charge in [0.2, 0.25) is 11.8 Å². The van der Waals surface area contributed by atoms with Crippen LogP contribution >= 0.6 is 0 Å². The summed E-state index contributed by atoms with van der Waals surface area (Å²) in [6, 6.07) is 13.4. The predicted octanol–water partition coefficient (Wildman–Crippen LogP) is 1.65. The van der Waals surface area contributed by atoms with Gasteiger partial charge in [0.1, 0.15) is 17.5 Å². The third-order valence-corrected chi connectivity index (χ3v) is 6.77. The molecule has 0 saturated carbocycles. The van der Waals surface area contributed by atoms with Gasteiger partial charge < -0.3 is 19.3 Å². The molecule has 7 nitrogen and oxygen atoms in total. The molecular formula is C24H23N3O4. The second-order valence-electron chi connectivity index (χ2n) is 8.75. The van der Waals surface area contributed by atoms with Gasteiger partial charge in [-0.05, 0) is 23.8 Å². The molecule has 6 rings (SSSR count). The van der Waals surface area contributed by atoms with Crippen molar-refractivity contribution in [3.8, 4) is 5.75 Å². The molecule has 1 aromatic heterocycles. The van der Waals surface area contributed by atoms with Crippen molar-refractivity contribution in [2.24, 2.45) is 11.8 Å². The van der Waals surface area contributed by atoms with Gasteiger partial charge in [-0.25, -0.2) is 0 Å². The molecule has 1 spiro atoms. The standard InChI is InChI=1S/C24H23N3O4/c28-22(26-13-18(14-26)30-17-6-2-1-3-7-17)20-19-8-9-24(31-19)15-27(23(29)21(20)24)12-16-5-4-10-25-11-16/h1-11,18-21H,12-15H2/t19-,20+,21+,24-/m0/s1. The lowest BCUT2D eigenvalue weighted by molar-refractivity contribution is -0.150. The van der Waals surface area contributed by atoms with Crippen LogP contribution < -0.4 is 4.74 Å². The number of hydrogen-bond acceptors (Lipinski definition) is 5. The van der Waals surface area contributed by atoms with Gasteiger partial charge in [0, 0.05) is 18.9 Å². The van der Waals surface area contributed by atoms with Crippen LogP contribution in [0.15, 0.2) is 67.0 Å². The molecule has 2 bridgehead atoms. The molecular weight excluding hydrogens is 394 g/mol. The third-order valence-electron chi connectivity index (χ3n) is 6.77. The van der Waals surface area contributed by atoms with Crippen molar-refractivity contribution in [2.45, 2.75) is 24.4 Å². The molecule has 4 atom stereocenters. The first kappa shape index (κ1) is 18.6. The average molecular weight is 417 g/mol. The zero-order valence-corrected chi connectivity index (χ0v) is 17.0. The van der Waals surface area contributed by atoms with Gasteiger partial charge in [0.25, 0.3) is 0 Å². The number of benzene rings is 1. The second-order valence-corrected chi connectivity index (χ2v) is 8.75. The first-order valence-electron chi connectivity index (χ1n) is 10.7. The molecule has 31 heavy (non-hydrogen) atoms. The summed E-state index contributed by atoms with van der Waals surface area (Å²) in [5.74, 6) is -0.131. The van der Waals surface area contributed by atoms with E-state index in [9.17, 15) is 9.59 Å². The zero-order valence-electron chi connectivity index (χ0n) is 17.0. The summed E-state index contributed by atoms with van der Waals surface area (Å²) in [6.45, 7) is 2.02. The Morgan fingerprint density at radius 1 is 1.19 bits per heavy atom. The molecule has 158 valence electrons. The molecule has 4 aliphatic heterocycles. The van der Waals surface area contributed by atoms with Gasteiger partial charge in [-0.3, -0.25) is 14.6 Å². The number of fused-ring (bicyclic) bond motifs is 1. The minimum Gasteiger partial charge on any atom is -0.487 e. The minimum atomic E-state index is -0.685. The maximum absolute atomic E-state index is 13.3. The number of rotatable bonds is 5. The largest absolute Gasteiger partial charge is 0.487 e. The summed E-state index contributed by atoms with van der Waals surface area (Å²) in [6.07, 6.45) is 7.09. The highest BCUT2D eigenvalue weighted by Crippen LogP contribution is 2.52. The maximum Gasteiger partial charge on any atom is 0.230 e. The van der Waals surface area contributed by atoms with E-state index < -0.39 is 17.4 Å². The van der Waals surface area contributed by atoms with Gasteiger partial charge in [0.15, 0.2) is 0 Å². The molecule has 4 aliphatic rings. The number of carbonyl (C=O) groups is 2. The number of ether oxygens (including phenoxy) is 2. The van der Waals surface area contributed by atoms with Crippen molar-refractivity contribution in [2.75, 3.05) is 19.6 Å². The van der Waals surface area contributed by atoms with E-state index in [4.69, 9.17) is 9.47 Å². The summed E-state index contributed by atoms with van der Waals surface area (Å²) in [5, 5.41) is 0. The van der Waals surface area contributed by atoms with Crippen LogP contribution in [0.4, 0.5) is 0 Å². The summed E-state index contributed by atoms with van der Waals surface area (Å²) in [7, 11) is 0. The van der Waals surface area contributed by atoms with Crippen LogP contribution in [0.2, 0.25) is 0 Å². The topological polar surface area (TPSA) is 72.0 Å². The highest BCUT2D eigenvalue weighted by molar-refractivity contribution is 5.93. The third kappa shape index (κ3) is 2.95. The molecule has 1 aromatic carbocycles. The van der Waals surface area contributed by atoms with E-state index in [1.165, 1.54) is 0 Å². The number of carbonyl (C=O) groups excluding carboxylic acids is 2. The average Bonchev–Trinajstić information content (AvgIpc) is 3.40. The van der Waals surface area contributed by atoms with E-state index in [1.807, 2.05) is 54.6 Å². The number of likely N-dealkylation sites (tertiary alicyclic amines) is 2. The lowest BCUT2D eigenvalue weighted by Gasteiger charge is -2.41. The minimum absolute atomic E-state index is 0.00772. The fourth-order valence-electron chi connectivity index (χ4n) is 5.30. The number of amides is 2. The van der Waals surface area contributed by atoms with Gasteiger partial charge in [0.05, 0.1) is 37.6 Å². The normalized spacial score (nSPS) is 31.1. The van der Waals surface area contributed by atoms with E-state index in [0.717, 1.165) is 11.3 Å². The molecule has 3 fully saturated rings. The Hall–Kier alpha value is -3.19. The van der Waals surface area contributed by atoms with E-state index in [2.05, 4.69) is 4.98 Å². The van der Waals surface area contributed by atoms with Crippen LogP contribution in [0, 0.1) is 11.8 Å².